The molecule has 0 aromatic carbocycles. The lowest BCUT2D eigenvalue weighted by atomic mass is 10.1. The molecule has 2 aliphatic rings. The third kappa shape index (κ3) is 2.90. The van der Waals surface area contributed by atoms with Crippen molar-refractivity contribution in [3.63, 3.8) is 0 Å². The fraction of sp³-hybridized carbons (Fsp3) is 0.643. The second kappa shape index (κ2) is 5.90. The Balaban J connectivity index is 1.74. The van der Waals surface area contributed by atoms with Crippen molar-refractivity contribution >= 4 is 15.7 Å². The SMILES string of the molecule is Nc1ccncc1S(=O)(=O)N1CCC(N2CCCCC2)C1. The molecule has 0 saturated carbocycles. The molecular weight excluding hydrogens is 288 g/mol. The van der Waals surface area contributed by atoms with Crippen LogP contribution in [0.1, 0.15) is 25.7 Å². The van der Waals surface area contributed by atoms with Crippen LogP contribution in [0.15, 0.2) is 23.4 Å². The van der Waals surface area contributed by atoms with Gasteiger partial charge >= 0.3 is 0 Å². The lowest BCUT2D eigenvalue weighted by molar-refractivity contribution is 0.169. The number of nitrogen functional groups attached to an aromatic ring is 1. The molecule has 21 heavy (non-hydrogen) atoms. The summed E-state index contributed by atoms with van der Waals surface area (Å²) in [7, 11) is -3.52. The highest BCUT2D eigenvalue weighted by Gasteiger charge is 2.36. The maximum atomic E-state index is 12.7. The molecule has 6 nitrogen and oxygen atoms in total. The molecule has 1 atom stereocenters. The van der Waals surface area contributed by atoms with Gasteiger partial charge in [-0.05, 0) is 38.4 Å². The van der Waals surface area contributed by atoms with E-state index in [9.17, 15) is 8.42 Å². The van der Waals surface area contributed by atoms with E-state index in [-0.39, 0.29) is 10.6 Å². The molecular formula is C14H22N4O2S. The van der Waals surface area contributed by atoms with Crippen LogP contribution in [-0.2, 0) is 10.0 Å². The van der Waals surface area contributed by atoms with E-state index < -0.39 is 10.0 Å². The van der Waals surface area contributed by atoms with Crippen LogP contribution in [0, 0.1) is 0 Å². The summed E-state index contributed by atoms with van der Waals surface area (Å²) < 4.78 is 26.9. The monoisotopic (exact) mass is 310 g/mol. The van der Waals surface area contributed by atoms with E-state index >= 15 is 0 Å². The zero-order valence-corrected chi connectivity index (χ0v) is 12.9. The summed E-state index contributed by atoms with van der Waals surface area (Å²) in [6, 6.07) is 1.88. The first-order chi connectivity index (χ1) is 10.1. The number of hydrogen-bond acceptors (Lipinski definition) is 5. The summed E-state index contributed by atoms with van der Waals surface area (Å²) in [6.45, 7) is 3.32. The van der Waals surface area contributed by atoms with E-state index in [1.165, 1.54) is 37.7 Å². The summed E-state index contributed by atoms with van der Waals surface area (Å²) in [4.78, 5) is 6.46. The number of piperidine rings is 1. The molecule has 1 aromatic heterocycles. The lowest BCUT2D eigenvalue weighted by Crippen LogP contribution is -2.41. The second-order valence-corrected chi connectivity index (χ2v) is 7.72. The largest absolute Gasteiger partial charge is 0.398 e. The van der Waals surface area contributed by atoms with Gasteiger partial charge in [0.2, 0.25) is 10.0 Å². The van der Waals surface area contributed by atoms with Gasteiger partial charge in [0.15, 0.2) is 0 Å². The minimum atomic E-state index is -3.52. The Hall–Kier alpha value is -1.18. The number of aromatic nitrogens is 1. The number of nitrogens with two attached hydrogens (primary N) is 1. The Morgan fingerprint density at radius 1 is 1.19 bits per heavy atom. The van der Waals surface area contributed by atoms with Gasteiger partial charge in [0.1, 0.15) is 4.90 Å². The van der Waals surface area contributed by atoms with Crippen LogP contribution in [0.25, 0.3) is 0 Å². The molecule has 0 aliphatic carbocycles. The number of rotatable bonds is 3. The quantitative estimate of drug-likeness (QED) is 0.898. The fourth-order valence-electron chi connectivity index (χ4n) is 3.26. The van der Waals surface area contributed by atoms with Crippen LogP contribution in [0.3, 0.4) is 0 Å². The first-order valence-corrected chi connectivity index (χ1v) is 8.97. The lowest BCUT2D eigenvalue weighted by Gasteiger charge is -2.32. The molecule has 2 N–H and O–H groups in total. The zero-order chi connectivity index (χ0) is 14.9. The van der Waals surface area contributed by atoms with Crippen molar-refractivity contribution < 1.29 is 8.42 Å². The van der Waals surface area contributed by atoms with Gasteiger partial charge in [-0.25, -0.2) is 8.42 Å². The Labute approximate surface area is 126 Å². The van der Waals surface area contributed by atoms with Crippen molar-refractivity contribution in [1.82, 2.24) is 14.2 Å². The van der Waals surface area contributed by atoms with Gasteiger partial charge in [0.05, 0.1) is 5.69 Å². The highest BCUT2D eigenvalue weighted by molar-refractivity contribution is 7.89. The summed E-state index contributed by atoms with van der Waals surface area (Å²) in [5, 5.41) is 0. The molecule has 3 heterocycles. The topological polar surface area (TPSA) is 79.5 Å². The fourth-order valence-corrected chi connectivity index (χ4v) is 4.81. The van der Waals surface area contributed by atoms with Crippen molar-refractivity contribution in [2.24, 2.45) is 0 Å². The minimum Gasteiger partial charge on any atom is -0.398 e. The molecule has 1 unspecified atom stereocenters. The van der Waals surface area contributed by atoms with Crippen molar-refractivity contribution in [2.75, 3.05) is 31.9 Å². The van der Waals surface area contributed by atoms with Crippen LogP contribution in [0.4, 0.5) is 5.69 Å². The van der Waals surface area contributed by atoms with Crippen LogP contribution in [0.5, 0.6) is 0 Å². The Morgan fingerprint density at radius 2 is 1.95 bits per heavy atom. The number of anilines is 1. The van der Waals surface area contributed by atoms with Gasteiger partial charge in [-0.1, -0.05) is 6.42 Å². The standard InChI is InChI=1S/C14H22N4O2S/c15-13-4-6-16-10-14(13)21(19,20)18-9-5-12(11-18)17-7-2-1-3-8-17/h4,6,10,12H,1-3,5,7-9,11H2,(H2,15,16). The third-order valence-corrected chi connectivity index (χ3v) is 6.38. The summed E-state index contributed by atoms with van der Waals surface area (Å²) >= 11 is 0. The Morgan fingerprint density at radius 3 is 2.67 bits per heavy atom. The number of sulfonamides is 1. The third-order valence-electron chi connectivity index (χ3n) is 4.47. The molecule has 2 fully saturated rings. The average Bonchev–Trinajstić information content (AvgIpc) is 2.99. The highest BCUT2D eigenvalue weighted by Crippen LogP contribution is 2.27. The maximum Gasteiger partial charge on any atom is 0.246 e. The van der Waals surface area contributed by atoms with Crippen LogP contribution < -0.4 is 5.73 Å². The van der Waals surface area contributed by atoms with E-state index in [4.69, 9.17) is 5.73 Å². The van der Waals surface area contributed by atoms with Crippen LogP contribution in [0.2, 0.25) is 0 Å². The highest BCUT2D eigenvalue weighted by atomic mass is 32.2. The molecule has 0 radical (unpaired) electrons. The number of pyridine rings is 1. The molecule has 0 bridgehead atoms. The van der Waals surface area contributed by atoms with E-state index in [0.717, 1.165) is 19.5 Å². The van der Waals surface area contributed by atoms with Gasteiger partial charge in [-0.3, -0.25) is 9.88 Å². The summed E-state index contributed by atoms with van der Waals surface area (Å²) in [5.74, 6) is 0. The summed E-state index contributed by atoms with van der Waals surface area (Å²) in [6.07, 6.45) is 7.49. The van der Waals surface area contributed by atoms with Crippen molar-refractivity contribution in [2.45, 2.75) is 36.6 Å². The van der Waals surface area contributed by atoms with Crippen molar-refractivity contribution in [3.8, 4) is 0 Å². The molecule has 7 heteroatoms. The first kappa shape index (κ1) is 14.7. The number of likely N-dealkylation sites (tertiary alicyclic amines) is 1. The zero-order valence-electron chi connectivity index (χ0n) is 12.1. The van der Waals surface area contributed by atoms with Crippen molar-refractivity contribution in [3.05, 3.63) is 18.5 Å². The molecule has 2 aliphatic heterocycles. The molecule has 0 spiro atoms. The second-order valence-electron chi connectivity index (χ2n) is 5.82. The van der Waals surface area contributed by atoms with E-state index in [1.54, 1.807) is 4.31 Å². The first-order valence-electron chi connectivity index (χ1n) is 7.53. The van der Waals surface area contributed by atoms with E-state index in [0.29, 0.717) is 19.1 Å². The number of hydrogen-bond donors (Lipinski definition) is 1. The Kier molecular flexibility index (Phi) is 4.14. The van der Waals surface area contributed by atoms with E-state index in [2.05, 4.69) is 9.88 Å². The molecule has 3 rings (SSSR count). The van der Waals surface area contributed by atoms with Gasteiger partial charge in [-0.2, -0.15) is 4.31 Å². The average molecular weight is 310 g/mol. The summed E-state index contributed by atoms with van der Waals surface area (Å²) in [5.41, 5.74) is 6.07. The van der Waals surface area contributed by atoms with Crippen molar-refractivity contribution in [1.29, 1.82) is 0 Å². The van der Waals surface area contributed by atoms with E-state index in [1.807, 2.05) is 0 Å². The molecule has 0 amide bonds. The Bertz CT molecular complexity index is 599. The van der Waals surface area contributed by atoms with Gasteiger partial charge in [0.25, 0.3) is 0 Å². The van der Waals surface area contributed by atoms with Gasteiger partial charge in [-0.15, -0.1) is 0 Å². The van der Waals surface area contributed by atoms with Crippen LogP contribution >= 0.6 is 0 Å². The number of nitrogens with zero attached hydrogens (tertiary/aromatic N) is 3. The molecule has 116 valence electrons. The smallest absolute Gasteiger partial charge is 0.246 e. The predicted octanol–water partition coefficient (Wildman–Crippen LogP) is 0.913. The maximum absolute atomic E-state index is 12.7. The van der Waals surface area contributed by atoms with Crippen LogP contribution in [-0.4, -0.2) is 54.8 Å². The predicted molar refractivity (Wildman–Crippen MR) is 81.2 cm³/mol. The van der Waals surface area contributed by atoms with Gasteiger partial charge < -0.3 is 5.73 Å². The molecule has 1 aromatic rings. The van der Waals surface area contributed by atoms with Gasteiger partial charge in [0, 0.05) is 31.5 Å². The normalized spacial score (nSPS) is 25.2. The molecule has 2 saturated heterocycles. The minimum absolute atomic E-state index is 0.129.